The predicted molar refractivity (Wildman–Crippen MR) is 76.0 cm³/mol. The molecule has 0 radical (unpaired) electrons. The number of hydrogen-bond acceptors (Lipinski definition) is 7. The van der Waals surface area contributed by atoms with Crippen LogP contribution in [0.5, 0.6) is 0 Å². The van der Waals surface area contributed by atoms with Crippen LogP contribution in [0.15, 0.2) is 17.8 Å². The van der Waals surface area contributed by atoms with E-state index >= 15 is 0 Å². The number of nitrogens with zero attached hydrogens (tertiary/aromatic N) is 3. The summed E-state index contributed by atoms with van der Waals surface area (Å²) >= 11 is 1.60. The smallest absolute Gasteiger partial charge is 0.308 e. The minimum atomic E-state index is -0.250. The molecule has 1 saturated heterocycles. The zero-order valence-corrected chi connectivity index (χ0v) is 11.9. The number of esters is 1. The Labute approximate surface area is 120 Å². The van der Waals surface area contributed by atoms with Crippen LogP contribution in [0.4, 0.5) is 5.82 Å². The van der Waals surface area contributed by atoms with Gasteiger partial charge in [-0.15, -0.1) is 11.3 Å². The number of rotatable bonds is 3. The second-order valence-corrected chi connectivity index (χ2v) is 5.45. The van der Waals surface area contributed by atoms with E-state index in [2.05, 4.69) is 14.9 Å². The number of thiophene rings is 1. The number of anilines is 1. The maximum absolute atomic E-state index is 11.3. The minimum absolute atomic E-state index is 0.153. The highest BCUT2D eigenvalue weighted by Gasteiger charge is 2.25. The van der Waals surface area contributed by atoms with Crippen molar-refractivity contribution in [3.8, 4) is 0 Å². The lowest BCUT2D eigenvalue weighted by Gasteiger charge is -2.33. The van der Waals surface area contributed by atoms with Gasteiger partial charge in [0, 0.05) is 13.1 Å². The molecule has 6 nitrogen and oxygen atoms in total. The van der Waals surface area contributed by atoms with Crippen LogP contribution in [0.3, 0.4) is 0 Å². The van der Waals surface area contributed by atoms with Crippen LogP contribution in [-0.4, -0.2) is 48.8 Å². The average molecular weight is 293 g/mol. The van der Waals surface area contributed by atoms with Gasteiger partial charge >= 0.3 is 5.97 Å². The van der Waals surface area contributed by atoms with Gasteiger partial charge in [-0.1, -0.05) is 0 Å². The Morgan fingerprint density at radius 2 is 2.50 bits per heavy atom. The number of fused-ring (bicyclic) bond motifs is 1. The number of methoxy groups -OCH3 is 1. The molecular weight excluding hydrogens is 278 g/mol. The van der Waals surface area contributed by atoms with E-state index in [4.69, 9.17) is 9.47 Å². The molecule has 3 heterocycles. The fourth-order valence-corrected chi connectivity index (χ4v) is 3.06. The molecule has 106 valence electrons. The van der Waals surface area contributed by atoms with Crippen LogP contribution < -0.4 is 4.90 Å². The van der Waals surface area contributed by atoms with Gasteiger partial charge in [-0.05, 0) is 11.4 Å². The van der Waals surface area contributed by atoms with Crippen molar-refractivity contribution >= 4 is 33.3 Å². The first-order valence-electron chi connectivity index (χ1n) is 6.39. The van der Waals surface area contributed by atoms with E-state index < -0.39 is 0 Å². The number of morpholine rings is 1. The Hall–Kier alpha value is -1.73. The Morgan fingerprint density at radius 1 is 1.60 bits per heavy atom. The zero-order valence-electron chi connectivity index (χ0n) is 11.1. The van der Waals surface area contributed by atoms with Crippen molar-refractivity contribution in [3.05, 3.63) is 17.8 Å². The molecule has 1 atom stereocenters. The molecule has 3 rings (SSSR count). The van der Waals surface area contributed by atoms with Crippen LogP contribution in [0, 0.1) is 0 Å². The van der Waals surface area contributed by atoms with Gasteiger partial charge in [-0.3, -0.25) is 4.79 Å². The maximum atomic E-state index is 11.3. The van der Waals surface area contributed by atoms with Gasteiger partial charge < -0.3 is 14.4 Å². The van der Waals surface area contributed by atoms with Crippen LogP contribution in [-0.2, 0) is 14.3 Å². The Morgan fingerprint density at radius 3 is 3.35 bits per heavy atom. The van der Waals surface area contributed by atoms with Crippen LogP contribution in [0.25, 0.3) is 10.2 Å². The molecule has 0 amide bonds. The normalized spacial score (nSPS) is 19.2. The third-order valence-corrected chi connectivity index (χ3v) is 4.12. The maximum Gasteiger partial charge on any atom is 0.308 e. The number of carbonyl (C=O) groups is 1. The van der Waals surface area contributed by atoms with Crippen molar-refractivity contribution in [2.45, 2.75) is 12.5 Å². The quantitative estimate of drug-likeness (QED) is 0.798. The van der Waals surface area contributed by atoms with Crippen LogP contribution >= 0.6 is 11.3 Å². The Bertz CT molecular complexity index is 616. The summed E-state index contributed by atoms with van der Waals surface area (Å²) in [6.07, 6.45) is 1.70. The zero-order chi connectivity index (χ0) is 13.9. The van der Waals surface area contributed by atoms with Gasteiger partial charge in [0.2, 0.25) is 0 Å². The van der Waals surface area contributed by atoms with Crippen LogP contribution in [0.2, 0.25) is 0 Å². The second-order valence-electron chi connectivity index (χ2n) is 4.56. The number of ether oxygens (including phenoxy) is 2. The highest BCUT2D eigenvalue weighted by atomic mass is 32.1. The predicted octanol–water partition coefficient (Wildman–Crippen LogP) is 1.46. The van der Waals surface area contributed by atoms with Crippen molar-refractivity contribution in [2.24, 2.45) is 0 Å². The van der Waals surface area contributed by atoms with Crippen molar-refractivity contribution in [3.63, 3.8) is 0 Å². The molecule has 0 saturated carbocycles. The molecule has 0 N–H and O–H groups in total. The lowest BCUT2D eigenvalue weighted by atomic mass is 10.2. The lowest BCUT2D eigenvalue weighted by Crippen LogP contribution is -2.43. The molecule has 2 aromatic rings. The number of aromatic nitrogens is 2. The molecule has 1 fully saturated rings. The summed E-state index contributed by atoms with van der Waals surface area (Å²) in [5.74, 6) is 0.662. The van der Waals surface area contributed by atoms with Gasteiger partial charge in [-0.2, -0.15) is 0 Å². The number of carbonyl (C=O) groups excluding carboxylic acids is 1. The van der Waals surface area contributed by atoms with E-state index in [1.807, 2.05) is 11.4 Å². The molecule has 1 aliphatic rings. The van der Waals surface area contributed by atoms with Gasteiger partial charge in [0.25, 0.3) is 0 Å². The lowest BCUT2D eigenvalue weighted by molar-refractivity contribution is -0.144. The van der Waals surface area contributed by atoms with Crippen molar-refractivity contribution in [2.75, 3.05) is 31.7 Å². The first kappa shape index (κ1) is 13.3. The first-order valence-corrected chi connectivity index (χ1v) is 7.27. The fraction of sp³-hybridized carbons (Fsp3) is 0.462. The fourth-order valence-electron chi connectivity index (χ4n) is 2.33. The molecule has 1 aliphatic heterocycles. The molecule has 0 bridgehead atoms. The third-order valence-electron chi connectivity index (χ3n) is 3.30. The van der Waals surface area contributed by atoms with E-state index in [0.717, 1.165) is 22.6 Å². The highest BCUT2D eigenvalue weighted by Crippen LogP contribution is 2.28. The standard InChI is InChI=1S/C13H15N3O3S/c1-18-11(17)6-9-7-16(3-4-19-9)12-10-2-5-20-13(10)15-8-14-12/h2,5,8-9H,3-4,6-7H2,1H3. The first-order chi connectivity index (χ1) is 9.78. The van der Waals surface area contributed by atoms with Crippen molar-refractivity contribution in [1.29, 1.82) is 0 Å². The molecule has 0 aliphatic carbocycles. The Kier molecular flexibility index (Phi) is 3.79. The number of hydrogen-bond donors (Lipinski definition) is 0. The van der Waals surface area contributed by atoms with Gasteiger partial charge in [0.1, 0.15) is 17.0 Å². The molecule has 0 aromatic carbocycles. The van der Waals surface area contributed by atoms with Gasteiger partial charge in [0.15, 0.2) is 0 Å². The van der Waals surface area contributed by atoms with E-state index in [9.17, 15) is 4.79 Å². The largest absolute Gasteiger partial charge is 0.469 e. The summed E-state index contributed by atoms with van der Waals surface area (Å²) in [6.45, 7) is 1.98. The van der Waals surface area contributed by atoms with E-state index in [0.29, 0.717) is 13.2 Å². The van der Waals surface area contributed by atoms with E-state index in [1.54, 1.807) is 17.7 Å². The van der Waals surface area contributed by atoms with E-state index in [-0.39, 0.29) is 18.5 Å². The summed E-state index contributed by atoms with van der Waals surface area (Å²) in [5.41, 5.74) is 0. The van der Waals surface area contributed by atoms with Gasteiger partial charge in [0.05, 0.1) is 31.6 Å². The molecule has 20 heavy (non-hydrogen) atoms. The van der Waals surface area contributed by atoms with Gasteiger partial charge in [-0.25, -0.2) is 9.97 Å². The third kappa shape index (κ3) is 2.59. The van der Waals surface area contributed by atoms with E-state index in [1.165, 1.54) is 7.11 Å². The molecular formula is C13H15N3O3S. The summed E-state index contributed by atoms with van der Waals surface area (Å²) in [5, 5.41) is 3.06. The van der Waals surface area contributed by atoms with Crippen molar-refractivity contribution < 1.29 is 14.3 Å². The Balaban J connectivity index is 1.79. The molecule has 7 heteroatoms. The average Bonchev–Trinajstić information content (AvgIpc) is 2.95. The SMILES string of the molecule is COC(=O)CC1CN(c2ncnc3sccc23)CCO1. The summed E-state index contributed by atoms with van der Waals surface area (Å²) < 4.78 is 10.3. The summed E-state index contributed by atoms with van der Waals surface area (Å²) in [7, 11) is 1.39. The summed E-state index contributed by atoms with van der Waals surface area (Å²) in [6, 6.07) is 2.03. The molecule has 2 aromatic heterocycles. The monoisotopic (exact) mass is 293 g/mol. The van der Waals surface area contributed by atoms with Crippen LogP contribution in [0.1, 0.15) is 6.42 Å². The summed E-state index contributed by atoms with van der Waals surface area (Å²) in [4.78, 5) is 23.1. The van der Waals surface area contributed by atoms with Crippen molar-refractivity contribution in [1.82, 2.24) is 9.97 Å². The topological polar surface area (TPSA) is 64.5 Å². The molecule has 0 spiro atoms. The highest BCUT2D eigenvalue weighted by molar-refractivity contribution is 7.16. The minimum Gasteiger partial charge on any atom is -0.469 e. The second kappa shape index (κ2) is 5.72. The molecule has 1 unspecified atom stereocenters.